The number of benzene rings is 2. The molecule has 1 aromatic heterocycles. The van der Waals surface area contributed by atoms with E-state index in [0.717, 1.165) is 47.8 Å². The molecule has 0 fully saturated rings. The van der Waals surface area contributed by atoms with Gasteiger partial charge in [0, 0.05) is 17.0 Å². The molecule has 0 aliphatic heterocycles. The van der Waals surface area contributed by atoms with E-state index in [1.807, 2.05) is 53.9 Å². The van der Waals surface area contributed by atoms with Crippen LogP contribution in [-0.4, -0.2) is 24.6 Å². The van der Waals surface area contributed by atoms with E-state index >= 15 is 0 Å². The van der Waals surface area contributed by atoms with Gasteiger partial charge in [0.25, 0.3) is 0 Å². The van der Waals surface area contributed by atoms with Gasteiger partial charge in [0.05, 0.1) is 19.4 Å². The molecule has 150 valence electrons. The average Bonchev–Trinajstić information content (AvgIpc) is 3.22. The summed E-state index contributed by atoms with van der Waals surface area (Å²) in [4.78, 5) is 16.7. The number of ether oxygens (including phenoxy) is 2. The topological polar surface area (TPSA) is 60.5 Å². The number of hydrogen-bond acceptors (Lipinski definition) is 5. The highest BCUT2D eigenvalue weighted by Crippen LogP contribution is 2.26. The lowest BCUT2D eigenvalue weighted by molar-refractivity contribution is -0.111. The molecular formula is C23H24N2O3S. The van der Waals surface area contributed by atoms with Crippen molar-refractivity contribution >= 4 is 28.5 Å². The van der Waals surface area contributed by atoms with Crippen LogP contribution in [0.5, 0.6) is 11.5 Å². The minimum absolute atomic E-state index is 0.219. The highest BCUT2D eigenvalue weighted by Gasteiger charge is 2.07. The van der Waals surface area contributed by atoms with Crippen LogP contribution in [-0.2, 0) is 4.79 Å². The number of anilines is 1. The highest BCUT2D eigenvalue weighted by atomic mass is 32.1. The molecule has 3 aromatic rings. The largest absolute Gasteiger partial charge is 0.497 e. The number of methoxy groups -OCH3 is 1. The summed E-state index contributed by atoms with van der Waals surface area (Å²) in [5.41, 5.74) is 2.72. The Hall–Kier alpha value is -3.12. The Morgan fingerprint density at radius 3 is 2.52 bits per heavy atom. The van der Waals surface area contributed by atoms with Crippen molar-refractivity contribution in [2.75, 3.05) is 19.0 Å². The third-order valence-electron chi connectivity index (χ3n) is 4.19. The van der Waals surface area contributed by atoms with Crippen LogP contribution in [0.2, 0.25) is 0 Å². The minimum Gasteiger partial charge on any atom is -0.497 e. The Balaban J connectivity index is 1.54. The molecule has 5 nitrogen and oxygen atoms in total. The number of amides is 1. The molecule has 0 aliphatic rings. The highest BCUT2D eigenvalue weighted by molar-refractivity contribution is 7.14. The molecule has 0 bridgehead atoms. The number of aromatic nitrogens is 1. The second-order valence-corrected chi connectivity index (χ2v) is 7.22. The van der Waals surface area contributed by atoms with Gasteiger partial charge in [-0.15, -0.1) is 11.3 Å². The molecular weight excluding hydrogens is 384 g/mol. The molecule has 0 unspecified atom stereocenters. The summed E-state index contributed by atoms with van der Waals surface area (Å²) in [6, 6.07) is 15.3. The molecule has 6 heteroatoms. The first-order valence-electron chi connectivity index (χ1n) is 9.50. The molecule has 1 N–H and O–H groups in total. The van der Waals surface area contributed by atoms with Gasteiger partial charge in [0.15, 0.2) is 5.13 Å². The van der Waals surface area contributed by atoms with Crippen molar-refractivity contribution in [3.05, 3.63) is 65.6 Å². The molecule has 3 rings (SSSR count). The fourth-order valence-corrected chi connectivity index (χ4v) is 3.28. The van der Waals surface area contributed by atoms with E-state index in [1.54, 1.807) is 13.2 Å². The van der Waals surface area contributed by atoms with Crippen LogP contribution < -0.4 is 14.8 Å². The van der Waals surface area contributed by atoms with Gasteiger partial charge in [0.1, 0.15) is 11.5 Å². The van der Waals surface area contributed by atoms with Crippen LogP contribution in [0.1, 0.15) is 25.3 Å². The lowest BCUT2D eigenvalue weighted by Crippen LogP contribution is -2.07. The zero-order chi connectivity index (χ0) is 20.5. The first-order chi connectivity index (χ1) is 14.2. The van der Waals surface area contributed by atoms with Crippen LogP contribution in [0.4, 0.5) is 5.13 Å². The lowest BCUT2D eigenvalue weighted by atomic mass is 10.2. The minimum atomic E-state index is -0.219. The number of rotatable bonds is 9. The van der Waals surface area contributed by atoms with Gasteiger partial charge in [-0.05, 0) is 54.5 Å². The number of carbonyl (C=O) groups excluding carboxylic acids is 1. The Morgan fingerprint density at radius 1 is 1.10 bits per heavy atom. The molecule has 0 spiro atoms. The normalized spacial score (nSPS) is 10.8. The zero-order valence-corrected chi connectivity index (χ0v) is 17.4. The maximum atomic E-state index is 12.2. The summed E-state index contributed by atoms with van der Waals surface area (Å²) >= 11 is 1.39. The van der Waals surface area contributed by atoms with E-state index in [1.165, 1.54) is 17.4 Å². The van der Waals surface area contributed by atoms with Crippen molar-refractivity contribution in [3.63, 3.8) is 0 Å². The second kappa shape index (κ2) is 10.4. The van der Waals surface area contributed by atoms with E-state index in [0.29, 0.717) is 5.13 Å². The molecule has 0 saturated heterocycles. The Labute approximate surface area is 175 Å². The van der Waals surface area contributed by atoms with E-state index in [4.69, 9.17) is 9.47 Å². The summed E-state index contributed by atoms with van der Waals surface area (Å²) in [6.07, 6.45) is 5.42. The molecule has 29 heavy (non-hydrogen) atoms. The summed E-state index contributed by atoms with van der Waals surface area (Å²) in [5.74, 6) is 1.42. The van der Waals surface area contributed by atoms with Crippen molar-refractivity contribution in [1.29, 1.82) is 0 Å². The fourth-order valence-electron chi connectivity index (χ4n) is 2.55. The third kappa shape index (κ3) is 6.19. The molecule has 0 aliphatic carbocycles. The van der Waals surface area contributed by atoms with Gasteiger partial charge in [0.2, 0.25) is 5.91 Å². The van der Waals surface area contributed by atoms with Crippen molar-refractivity contribution in [3.8, 4) is 22.8 Å². The standard InChI is InChI=1S/C23H24N2O3S/c1-3-4-15-28-20-10-5-17(6-11-20)7-14-22(26)25-23-24-21(16-29-23)18-8-12-19(27-2)13-9-18/h5-14,16H,3-4,15H2,1-2H3,(H,24,25,26)/b14-7-. The van der Waals surface area contributed by atoms with E-state index in [-0.39, 0.29) is 5.91 Å². The Bertz CT molecular complexity index is 947. The van der Waals surface area contributed by atoms with Crippen LogP contribution in [0.15, 0.2) is 60.0 Å². The van der Waals surface area contributed by atoms with Crippen molar-refractivity contribution in [2.45, 2.75) is 19.8 Å². The van der Waals surface area contributed by atoms with Gasteiger partial charge in [-0.3, -0.25) is 10.1 Å². The number of hydrogen-bond donors (Lipinski definition) is 1. The number of thiazole rings is 1. The van der Waals surface area contributed by atoms with E-state index in [9.17, 15) is 4.79 Å². The average molecular weight is 409 g/mol. The second-order valence-electron chi connectivity index (χ2n) is 6.36. The first-order valence-corrected chi connectivity index (χ1v) is 10.4. The van der Waals surface area contributed by atoms with Gasteiger partial charge in [-0.1, -0.05) is 25.5 Å². The number of nitrogens with one attached hydrogen (secondary N) is 1. The quantitative estimate of drug-likeness (QED) is 0.367. The van der Waals surface area contributed by atoms with Crippen LogP contribution in [0.3, 0.4) is 0 Å². The number of nitrogens with zero attached hydrogens (tertiary/aromatic N) is 1. The zero-order valence-electron chi connectivity index (χ0n) is 16.6. The van der Waals surface area contributed by atoms with Crippen molar-refractivity contribution in [2.24, 2.45) is 0 Å². The van der Waals surface area contributed by atoms with Gasteiger partial charge in [-0.2, -0.15) is 0 Å². The molecule has 0 atom stereocenters. The van der Waals surface area contributed by atoms with E-state index in [2.05, 4.69) is 17.2 Å². The molecule has 0 radical (unpaired) electrons. The van der Waals surface area contributed by atoms with Crippen molar-refractivity contribution < 1.29 is 14.3 Å². The number of unbranched alkanes of at least 4 members (excludes halogenated alkanes) is 1. The van der Waals surface area contributed by atoms with Crippen LogP contribution in [0.25, 0.3) is 17.3 Å². The Morgan fingerprint density at radius 2 is 1.83 bits per heavy atom. The first kappa shape index (κ1) is 20.6. The summed E-state index contributed by atoms with van der Waals surface area (Å²) < 4.78 is 10.8. The smallest absolute Gasteiger partial charge is 0.250 e. The SMILES string of the molecule is CCCCOc1ccc(/C=C\C(=O)Nc2nc(-c3ccc(OC)cc3)cs2)cc1. The van der Waals surface area contributed by atoms with Crippen molar-refractivity contribution in [1.82, 2.24) is 4.98 Å². The summed E-state index contributed by atoms with van der Waals surface area (Å²) in [6.45, 7) is 2.86. The number of carbonyl (C=O) groups is 1. The molecule has 1 heterocycles. The summed E-state index contributed by atoms with van der Waals surface area (Å²) in [7, 11) is 1.63. The Kier molecular flexibility index (Phi) is 7.41. The fraction of sp³-hybridized carbons (Fsp3) is 0.217. The molecule has 2 aromatic carbocycles. The van der Waals surface area contributed by atoms with Crippen LogP contribution >= 0.6 is 11.3 Å². The monoisotopic (exact) mass is 408 g/mol. The van der Waals surface area contributed by atoms with Crippen LogP contribution in [0, 0.1) is 0 Å². The maximum Gasteiger partial charge on any atom is 0.250 e. The lowest BCUT2D eigenvalue weighted by Gasteiger charge is -2.05. The maximum absolute atomic E-state index is 12.2. The van der Waals surface area contributed by atoms with E-state index < -0.39 is 0 Å². The third-order valence-corrected chi connectivity index (χ3v) is 4.95. The van der Waals surface area contributed by atoms with Gasteiger partial charge in [-0.25, -0.2) is 4.98 Å². The van der Waals surface area contributed by atoms with Gasteiger partial charge < -0.3 is 9.47 Å². The predicted octanol–water partition coefficient (Wildman–Crippen LogP) is 5.65. The predicted molar refractivity (Wildman–Crippen MR) is 119 cm³/mol. The molecule has 0 saturated carbocycles. The van der Waals surface area contributed by atoms with Gasteiger partial charge >= 0.3 is 0 Å². The summed E-state index contributed by atoms with van der Waals surface area (Å²) in [5, 5.41) is 5.28. The molecule has 1 amide bonds.